The van der Waals surface area contributed by atoms with Gasteiger partial charge in [0.15, 0.2) is 0 Å². The Balaban J connectivity index is 0.00000162. The standard InChI is InChI=1S/C14H20N2O.ClH/c1-11(12-6-3-2-4-7-12)14(17)16-9-5-8-13(15)10-16;/h2-4,6-7,11,13H,5,8-10,15H2,1H3;1H/t11?,13-;/m1./s1. The van der Waals surface area contributed by atoms with Gasteiger partial charge in [-0.1, -0.05) is 30.3 Å². The number of carbonyl (C=O) groups is 1. The molecule has 18 heavy (non-hydrogen) atoms. The van der Waals surface area contributed by atoms with E-state index >= 15 is 0 Å². The molecule has 0 aliphatic carbocycles. The van der Waals surface area contributed by atoms with Crippen molar-refractivity contribution in [2.75, 3.05) is 13.1 Å². The number of halogens is 1. The van der Waals surface area contributed by atoms with E-state index in [1.165, 1.54) is 0 Å². The van der Waals surface area contributed by atoms with E-state index in [9.17, 15) is 4.79 Å². The Labute approximate surface area is 115 Å². The summed E-state index contributed by atoms with van der Waals surface area (Å²) in [5.41, 5.74) is 6.99. The number of piperidine rings is 1. The summed E-state index contributed by atoms with van der Waals surface area (Å²) < 4.78 is 0. The van der Waals surface area contributed by atoms with Crippen LogP contribution in [0.3, 0.4) is 0 Å². The van der Waals surface area contributed by atoms with E-state index in [0.29, 0.717) is 6.54 Å². The molecule has 2 N–H and O–H groups in total. The largest absolute Gasteiger partial charge is 0.341 e. The smallest absolute Gasteiger partial charge is 0.229 e. The van der Waals surface area contributed by atoms with Crippen LogP contribution in [0.4, 0.5) is 0 Å². The van der Waals surface area contributed by atoms with Gasteiger partial charge < -0.3 is 10.6 Å². The first kappa shape index (κ1) is 15.0. The number of nitrogens with zero attached hydrogens (tertiary/aromatic N) is 1. The van der Waals surface area contributed by atoms with Gasteiger partial charge in [-0.2, -0.15) is 0 Å². The molecule has 0 aromatic heterocycles. The number of rotatable bonds is 2. The third-order valence-electron chi connectivity index (χ3n) is 3.44. The molecule has 1 fully saturated rings. The van der Waals surface area contributed by atoms with Crippen LogP contribution in [0, 0.1) is 0 Å². The van der Waals surface area contributed by atoms with Crippen LogP contribution in [0.1, 0.15) is 31.2 Å². The summed E-state index contributed by atoms with van der Waals surface area (Å²) in [7, 11) is 0. The molecule has 1 aliphatic heterocycles. The minimum Gasteiger partial charge on any atom is -0.341 e. The zero-order chi connectivity index (χ0) is 12.3. The lowest BCUT2D eigenvalue weighted by atomic mass is 9.98. The van der Waals surface area contributed by atoms with Crippen molar-refractivity contribution in [3.05, 3.63) is 35.9 Å². The Morgan fingerprint density at radius 3 is 2.67 bits per heavy atom. The summed E-state index contributed by atoms with van der Waals surface area (Å²) in [4.78, 5) is 14.2. The monoisotopic (exact) mass is 268 g/mol. The summed E-state index contributed by atoms with van der Waals surface area (Å²) >= 11 is 0. The Morgan fingerprint density at radius 2 is 2.06 bits per heavy atom. The second-order valence-corrected chi connectivity index (χ2v) is 4.82. The predicted octanol–water partition coefficient (Wildman–Crippen LogP) is 2.16. The fourth-order valence-electron chi connectivity index (χ4n) is 2.37. The molecule has 1 unspecified atom stereocenters. The minimum atomic E-state index is -0.0681. The van der Waals surface area contributed by atoms with Crippen LogP contribution in [0.2, 0.25) is 0 Å². The van der Waals surface area contributed by atoms with E-state index in [4.69, 9.17) is 5.73 Å². The van der Waals surface area contributed by atoms with Gasteiger partial charge in [0, 0.05) is 19.1 Å². The van der Waals surface area contributed by atoms with Crippen LogP contribution >= 0.6 is 12.4 Å². The number of hydrogen-bond donors (Lipinski definition) is 1. The summed E-state index contributed by atoms with van der Waals surface area (Å²) in [6.07, 6.45) is 2.05. The van der Waals surface area contributed by atoms with Crippen molar-refractivity contribution >= 4 is 18.3 Å². The zero-order valence-corrected chi connectivity index (χ0v) is 11.5. The van der Waals surface area contributed by atoms with Gasteiger partial charge >= 0.3 is 0 Å². The molecule has 1 amide bonds. The number of carbonyl (C=O) groups excluding carboxylic acids is 1. The molecule has 0 saturated carbocycles. The van der Waals surface area contributed by atoms with Crippen LogP contribution in [0.5, 0.6) is 0 Å². The fraction of sp³-hybridized carbons (Fsp3) is 0.500. The molecule has 2 atom stereocenters. The zero-order valence-electron chi connectivity index (χ0n) is 10.7. The van der Waals surface area contributed by atoms with E-state index in [1.54, 1.807) is 0 Å². The van der Waals surface area contributed by atoms with E-state index in [1.807, 2.05) is 42.2 Å². The van der Waals surface area contributed by atoms with E-state index in [-0.39, 0.29) is 30.3 Å². The van der Waals surface area contributed by atoms with Gasteiger partial charge in [-0.3, -0.25) is 4.79 Å². The van der Waals surface area contributed by atoms with Gasteiger partial charge in [0.1, 0.15) is 0 Å². The molecule has 100 valence electrons. The molecule has 1 aliphatic rings. The molecule has 1 heterocycles. The first-order chi connectivity index (χ1) is 8.18. The maximum Gasteiger partial charge on any atom is 0.229 e. The number of amides is 1. The quantitative estimate of drug-likeness (QED) is 0.894. The average molecular weight is 269 g/mol. The number of nitrogens with two attached hydrogens (primary N) is 1. The molecule has 1 saturated heterocycles. The van der Waals surface area contributed by atoms with Crippen LogP contribution in [0.25, 0.3) is 0 Å². The van der Waals surface area contributed by atoms with Gasteiger partial charge in [-0.05, 0) is 25.3 Å². The minimum absolute atomic E-state index is 0. The lowest BCUT2D eigenvalue weighted by molar-refractivity contribution is -0.133. The molecule has 0 spiro atoms. The Morgan fingerprint density at radius 1 is 1.39 bits per heavy atom. The normalized spacial score (nSPS) is 21.0. The molecule has 2 rings (SSSR count). The van der Waals surface area contributed by atoms with Gasteiger partial charge in [0.2, 0.25) is 5.91 Å². The van der Waals surface area contributed by atoms with Crippen LogP contribution < -0.4 is 5.73 Å². The summed E-state index contributed by atoms with van der Waals surface area (Å²) in [5.74, 6) is 0.132. The third-order valence-corrected chi connectivity index (χ3v) is 3.44. The van der Waals surface area contributed by atoms with Crippen molar-refractivity contribution in [2.24, 2.45) is 5.73 Å². The topological polar surface area (TPSA) is 46.3 Å². The van der Waals surface area contributed by atoms with Crippen molar-refractivity contribution < 1.29 is 4.79 Å². The maximum atomic E-state index is 12.3. The second kappa shape index (κ2) is 6.76. The first-order valence-electron chi connectivity index (χ1n) is 6.28. The Hall–Kier alpha value is -1.06. The van der Waals surface area contributed by atoms with Crippen molar-refractivity contribution in [3.8, 4) is 0 Å². The van der Waals surface area contributed by atoms with Crippen molar-refractivity contribution in [2.45, 2.75) is 31.7 Å². The van der Waals surface area contributed by atoms with Crippen LogP contribution in [-0.2, 0) is 4.79 Å². The summed E-state index contributed by atoms with van der Waals surface area (Å²) in [6, 6.07) is 10.1. The Bertz CT molecular complexity index is 383. The van der Waals surface area contributed by atoms with Gasteiger partial charge in [0.25, 0.3) is 0 Å². The van der Waals surface area contributed by atoms with Gasteiger partial charge in [-0.15, -0.1) is 12.4 Å². The highest BCUT2D eigenvalue weighted by Gasteiger charge is 2.25. The molecule has 3 nitrogen and oxygen atoms in total. The maximum absolute atomic E-state index is 12.3. The molecule has 0 radical (unpaired) electrons. The summed E-state index contributed by atoms with van der Waals surface area (Å²) in [6.45, 7) is 3.53. The average Bonchev–Trinajstić information content (AvgIpc) is 2.38. The lowest BCUT2D eigenvalue weighted by Gasteiger charge is -2.32. The van der Waals surface area contributed by atoms with Crippen LogP contribution in [-0.4, -0.2) is 29.9 Å². The third kappa shape index (κ3) is 3.47. The molecule has 1 aromatic rings. The molecule has 0 bridgehead atoms. The van der Waals surface area contributed by atoms with Crippen molar-refractivity contribution in [1.29, 1.82) is 0 Å². The molecular weight excluding hydrogens is 248 g/mol. The molecule has 4 heteroatoms. The van der Waals surface area contributed by atoms with E-state index in [2.05, 4.69) is 0 Å². The fourth-order valence-corrected chi connectivity index (χ4v) is 2.37. The van der Waals surface area contributed by atoms with E-state index in [0.717, 1.165) is 24.9 Å². The highest BCUT2D eigenvalue weighted by atomic mass is 35.5. The van der Waals surface area contributed by atoms with Crippen molar-refractivity contribution in [1.82, 2.24) is 4.90 Å². The van der Waals surface area contributed by atoms with Crippen LogP contribution in [0.15, 0.2) is 30.3 Å². The van der Waals surface area contributed by atoms with Crippen molar-refractivity contribution in [3.63, 3.8) is 0 Å². The molecular formula is C14H21ClN2O. The second-order valence-electron chi connectivity index (χ2n) is 4.82. The lowest BCUT2D eigenvalue weighted by Crippen LogP contribution is -2.47. The van der Waals surface area contributed by atoms with Gasteiger partial charge in [-0.25, -0.2) is 0 Å². The summed E-state index contributed by atoms with van der Waals surface area (Å²) in [5, 5.41) is 0. The van der Waals surface area contributed by atoms with Gasteiger partial charge in [0.05, 0.1) is 5.92 Å². The number of benzene rings is 1. The molecule has 1 aromatic carbocycles. The number of hydrogen-bond acceptors (Lipinski definition) is 2. The highest BCUT2D eigenvalue weighted by molar-refractivity contribution is 5.85. The van der Waals surface area contributed by atoms with E-state index < -0.39 is 0 Å². The highest BCUT2D eigenvalue weighted by Crippen LogP contribution is 2.20. The number of likely N-dealkylation sites (tertiary alicyclic amines) is 1. The first-order valence-corrected chi connectivity index (χ1v) is 6.28. The predicted molar refractivity (Wildman–Crippen MR) is 75.9 cm³/mol. The Kier molecular flexibility index (Phi) is 5.63. The SMILES string of the molecule is CC(C(=O)N1CCC[C@@H](N)C1)c1ccccc1.Cl.